The van der Waals surface area contributed by atoms with Crippen LogP contribution in [0.15, 0.2) is 24.5 Å². The fourth-order valence-corrected chi connectivity index (χ4v) is 2.37. The number of aryl methyl sites for hydroxylation is 3. The second-order valence-electron chi connectivity index (χ2n) is 5.83. The fraction of sp³-hybridized carbons (Fsp3) is 0.412. The van der Waals surface area contributed by atoms with Crippen molar-refractivity contribution in [3.8, 4) is 0 Å². The van der Waals surface area contributed by atoms with Gasteiger partial charge in [0, 0.05) is 13.0 Å². The SMILES string of the molecule is CC(=O)Nc1ncnc(NC(C)CCc2ccc(C)cc2C)n1. The smallest absolute Gasteiger partial charge is 0.234 e. The number of benzene rings is 1. The monoisotopic (exact) mass is 313 g/mol. The van der Waals surface area contributed by atoms with Gasteiger partial charge in [-0.2, -0.15) is 4.98 Å². The average Bonchev–Trinajstić information content (AvgIpc) is 2.46. The second-order valence-corrected chi connectivity index (χ2v) is 5.83. The number of carbonyl (C=O) groups excluding carboxylic acids is 1. The first-order chi connectivity index (χ1) is 10.9. The first-order valence-electron chi connectivity index (χ1n) is 7.73. The number of nitrogens with zero attached hydrogens (tertiary/aromatic N) is 3. The number of nitrogens with one attached hydrogen (secondary N) is 2. The summed E-state index contributed by atoms with van der Waals surface area (Å²) in [5.41, 5.74) is 3.97. The minimum Gasteiger partial charge on any atom is -0.352 e. The van der Waals surface area contributed by atoms with E-state index in [-0.39, 0.29) is 17.9 Å². The first-order valence-corrected chi connectivity index (χ1v) is 7.73. The van der Waals surface area contributed by atoms with Gasteiger partial charge in [0.25, 0.3) is 0 Å². The number of carbonyl (C=O) groups is 1. The van der Waals surface area contributed by atoms with Crippen LogP contribution in [0.1, 0.15) is 37.0 Å². The van der Waals surface area contributed by atoms with E-state index in [9.17, 15) is 4.79 Å². The van der Waals surface area contributed by atoms with Crippen LogP contribution in [0, 0.1) is 13.8 Å². The summed E-state index contributed by atoms with van der Waals surface area (Å²) in [6.07, 6.45) is 3.34. The molecule has 6 nitrogen and oxygen atoms in total. The lowest BCUT2D eigenvalue weighted by Crippen LogP contribution is -2.19. The van der Waals surface area contributed by atoms with Crippen molar-refractivity contribution in [2.24, 2.45) is 0 Å². The zero-order valence-corrected chi connectivity index (χ0v) is 14.1. The van der Waals surface area contributed by atoms with Crippen LogP contribution in [-0.4, -0.2) is 26.9 Å². The highest BCUT2D eigenvalue weighted by Crippen LogP contribution is 2.14. The van der Waals surface area contributed by atoms with E-state index in [4.69, 9.17) is 0 Å². The third-order valence-electron chi connectivity index (χ3n) is 3.58. The molecule has 0 aliphatic carbocycles. The van der Waals surface area contributed by atoms with E-state index >= 15 is 0 Å². The summed E-state index contributed by atoms with van der Waals surface area (Å²) in [4.78, 5) is 23.2. The largest absolute Gasteiger partial charge is 0.352 e. The van der Waals surface area contributed by atoms with Gasteiger partial charge in [-0.15, -0.1) is 0 Å². The van der Waals surface area contributed by atoms with Crippen molar-refractivity contribution in [1.82, 2.24) is 15.0 Å². The lowest BCUT2D eigenvalue weighted by atomic mass is 10.00. The Morgan fingerprint density at radius 1 is 1.22 bits per heavy atom. The van der Waals surface area contributed by atoms with Gasteiger partial charge in [0.1, 0.15) is 6.33 Å². The Labute approximate surface area is 136 Å². The molecule has 0 aliphatic heterocycles. The number of aromatic nitrogens is 3. The molecule has 2 N–H and O–H groups in total. The molecule has 23 heavy (non-hydrogen) atoms. The fourth-order valence-electron chi connectivity index (χ4n) is 2.37. The topological polar surface area (TPSA) is 79.8 Å². The third-order valence-corrected chi connectivity index (χ3v) is 3.58. The Morgan fingerprint density at radius 3 is 2.65 bits per heavy atom. The van der Waals surface area contributed by atoms with Crippen LogP contribution in [-0.2, 0) is 11.2 Å². The molecule has 0 radical (unpaired) electrons. The molecule has 0 fully saturated rings. The van der Waals surface area contributed by atoms with Crippen LogP contribution in [0.4, 0.5) is 11.9 Å². The van der Waals surface area contributed by atoms with Crippen LogP contribution in [0.2, 0.25) is 0 Å². The van der Waals surface area contributed by atoms with Gasteiger partial charge < -0.3 is 5.32 Å². The highest BCUT2D eigenvalue weighted by atomic mass is 16.1. The normalized spacial score (nSPS) is 11.8. The Hall–Kier alpha value is -2.50. The van der Waals surface area contributed by atoms with Crippen molar-refractivity contribution in [3.63, 3.8) is 0 Å². The Balaban J connectivity index is 1.91. The van der Waals surface area contributed by atoms with E-state index in [1.54, 1.807) is 0 Å². The summed E-state index contributed by atoms with van der Waals surface area (Å²) in [5.74, 6) is 0.526. The summed E-state index contributed by atoms with van der Waals surface area (Å²) in [7, 11) is 0. The number of hydrogen-bond acceptors (Lipinski definition) is 5. The Kier molecular flexibility index (Phi) is 5.62. The summed E-state index contributed by atoms with van der Waals surface area (Å²) < 4.78 is 0. The van der Waals surface area contributed by atoms with Gasteiger partial charge in [-0.1, -0.05) is 23.8 Å². The Morgan fingerprint density at radius 2 is 1.96 bits per heavy atom. The number of rotatable bonds is 6. The second kappa shape index (κ2) is 7.67. The van der Waals surface area contributed by atoms with Crippen LogP contribution >= 0.6 is 0 Å². The maximum absolute atomic E-state index is 11.0. The third kappa shape index (κ3) is 5.32. The molecule has 2 aromatic rings. The predicted octanol–water partition coefficient (Wildman–Crippen LogP) is 2.88. The number of amides is 1. The van der Waals surface area contributed by atoms with Gasteiger partial charge in [-0.05, 0) is 44.7 Å². The first kappa shape index (κ1) is 16.9. The molecule has 1 unspecified atom stereocenters. The highest BCUT2D eigenvalue weighted by molar-refractivity contribution is 5.86. The molecule has 0 saturated heterocycles. The average molecular weight is 313 g/mol. The van der Waals surface area contributed by atoms with E-state index in [2.05, 4.69) is 64.6 Å². The molecule has 6 heteroatoms. The van der Waals surface area contributed by atoms with Crippen molar-refractivity contribution < 1.29 is 4.79 Å². The van der Waals surface area contributed by atoms with Crippen molar-refractivity contribution in [3.05, 3.63) is 41.2 Å². The summed E-state index contributed by atoms with van der Waals surface area (Å²) in [6.45, 7) is 7.76. The molecule has 0 bridgehead atoms. The molecule has 0 spiro atoms. The molecule has 0 saturated carbocycles. The number of hydrogen-bond donors (Lipinski definition) is 2. The minimum absolute atomic E-state index is 0.204. The van der Waals surface area contributed by atoms with E-state index in [1.807, 2.05) is 0 Å². The quantitative estimate of drug-likeness (QED) is 0.857. The molecule has 0 aliphatic rings. The van der Waals surface area contributed by atoms with Gasteiger partial charge in [0.15, 0.2) is 0 Å². The zero-order chi connectivity index (χ0) is 16.8. The highest BCUT2D eigenvalue weighted by Gasteiger charge is 2.08. The summed E-state index contributed by atoms with van der Waals surface area (Å²) in [6, 6.07) is 6.75. The molecule has 1 amide bonds. The molecule has 122 valence electrons. The Bertz CT molecular complexity index is 686. The summed E-state index contributed by atoms with van der Waals surface area (Å²) in [5, 5.41) is 5.79. The molecule has 1 atom stereocenters. The van der Waals surface area contributed by atoms with Crippen LogP contribution < -0.4 is 10.6 Å². The van der Waals surface area contributed by atoms with Gasteiger partial charge >= 0.3 is 0 Å². The van der Waals surface area contributed by atoms with Crippen molar-refractivity contribution in [2.75, 3.05) is 10.6 Å². The molecule has 1 aromatic heterocycles. The van der Waals surface area contributed by atoms with E-state index in [1.165, 1.54) is 29.9 Å². The molecule has 1 aromatic carbocycles. The van der Waals surface area contributed by atoms with Gasteiger partial charge in [-0.3, -0.25) is 10.1 Å². The summed E-state index contributed by atoms with van der Waals surface area (Å²) >= 11 is 0. The van der Waals surface area contributed by atoms with Crippen LogP contribution in [0.5, 0.6) is 0 Å². The molecule has 2 rings (SSSR count). The van der Waals surface area contributed by atoms with Crippen molar-refractivity contribution in [1.29, 1.82) is 0 Å². The standard InChI is InChI=1S/C17H23N5O/c1-11-5-7-15(12(2)9-11)8-6-13(3)20-16-18-10-19-17(22-16)21-14(4)23/h5,7,9-10,13H,6,8H2,1-4H3,(H2,18,19,20,21,22,23). The van der Waals surface area contributed by atoms with Crippen molar-refractivity contribution in [2.45, 2.75) is 46.6 Å². The lowest BCUT2D eigenvalue weighted by Gasteiger charge is -2.15. The van der Waals surface area contributed by atoms with Gasteiger partial charge in [-0.25, -0.2) is 9.97 Å². The lowest BCUT2D eigenvalue weighted by molar-refractivity contribution is -0.114. The van der Waals surface area contributed by atoms with Crippen molar-refractivity contribution >= 4 is 17.8 Å². The molecule has 1 heterocycles. The minimum atomic E-state index is -0.204. The van der Waals surface area contributed by atoms with E-state index < -0.39 is 0 Å². The van der Waals surface area contributed by atoms with Crippen LogP contribution in [0.3, 0.4) is 0 Å². The van der Waals surface area contributed by atoms with E-state index in [0.717, 1.165) is 12.8 Å². The molecular formula is C17H23N5O. The maximum Gasteiger partial charge on any atom is 0.234 e. The van der Waals surface area contributed by atoms with Gasteiger partial charge in [0.05, 0.1) is 0 Å². The zero-order valence-electron chi connectivity index (χ0n) is 14.1. The predicted molar refractivity (Wildman–Crippen MR) is 91.5 cm³/mol. The van der Waals surface area contributed by atoms with Gasteiger partial charge in [0.2, 0.25) is 17.8 Å². The molecular weight excluding hydrogens is 290 g/mol. The maximum atomic E-state index is 11.0. The number of anilines is 2. The van der Waals surface area contributed by atoms with E-state index in [0.29, 0.717) is 5.95 Å². The van der Waals surface area contributed by atoms with Crippen LogP contribution in [0.25, 0.3) is 0 Å².